The van der Waals surface area contributed by atoms with E-state index in [4.69, 9.17) is 10.2 Å². The molecular formula is C16H16N2O2S. The van der Waals surface area contributed by atoms with Gasteiger partial charge in [-0.15, -0.1) is 11.3 Å². The Morgan fingerprint density at radius 3 is 2.86 bits per heavy atom. The van der Waals surface area contributed by atoms with Crippen LogP contribution in [0.4, 0.5) is 5.69 Å². The van der Waals surface area contributed by atoms with Gasteiger partial charge < -0.3 is 15.1 Å². The van der Waals surface area contributed by atoms with E-state index in [2.05, 4.69) is 0 Å². The number of fused-ring (bicyclic) bond motifs is 1. The molecule has 5 heteroatoms. The van der Waals surface area contributed by atoms with Gasteiger partial charge in [-0.25, -0.2) is 0 Å². The molecule has 2 aromatic heterocycles. The van der Waals surface area contributed by atoms with Gasteiger partial charge in [-0.3, -0.25) is 4.79 Å². The molecule has 1 aromatic carbocycles. The van der Waals surface area contributed by atoms with Gasteiger partial charge in [0, 0.05) is 23.0 Å². The lowest BCUT2D eigenvalue weighted by atomic mass is 10.2. The van der Waals surface area contributed by atoms with Crippen LogP contribution in [0, 0.1) is 0 Å². The van der Waals surface area contributed by atoms with Crippen molar-refractivity contribution in [3.8, 4) is 0 Å². The fraction of sp³-hybridized carbons (Fsp3) is 0.188. The number of amides is 1. The number of nitrogen functional groups attached to an aromatic ring is 1. The van der Waals surface area contributed by atoms with Crippen molar-refractivity contribution in [3.63, 3.8) is 0 Å². The van der Waals surface area contributed by atoms with Crippen molar-refractivity contribution < 1.29 is 9.21 Å². The average molecular weight is 300 g/mol. The Balaban J connectivity index is 1.89. The monoisotopic (exact) mass is 300 g/mol. The third-order valence-corrected chi connectivity index (χ3v) is 4.65. The van der Waals surface area contributed by atoms with Crippen LogP contribution in [0.3, 0.4) is 0 Å². The molecule has 21 heavy (non-hydrogen) atoms. The lowest BCUT2D eigenvalue weighted by molar-refractivity contribution is 0.0715. The van der Waals surface area contributed by atoms with Gasteiger partial charge in [0.05, 0.1) is 6.04 Å². The van der Waals surface area contributed by atoms with Gasteiger partial charge in [0.25, 0.3) is 5.91 Å². The highest BCUT2D eigenvalue weighted by atomic mass is 32.1. The number of thiophene rings is 1. The molecule has 0 spiro atoms. The van der Waals surface area contributed by atoms with Crippen molar-refractivity contribution in [1.29, 1.82) is 0 Å². The Labute approximate surface area is 126 Å². The molecule has 108 valence electrons. The molecule has 1 atom stereocenters. The van der Waals surface area contributed by atoms with Gasteiger partial charge in [0.15, 0.2) is 5.76 Å². The first-order valence-electron chi connectivity index (χ1n) is 6.66. The van der Waals surface area contributed by atoms with Crippen LogP contribution in [0.5, 0.6) is 0 Å². The summed E-state index contributed by atoms with van der Waals surface area (Å²) in [5, 5.41) is 2.85. The quantitative estimate of drug-likeness (QED) is 0.746. The predicted molar refractivity (Wildman–Crippen MR) is 85.5 cm³/mol. The second kappa shape index (κ2) is 5.26. The Kier molecular flexibility index (Phi) is 3.43. The van der Waals surface area contributed by atoms with Gasteiger partial charge in [0.1, 0.15) is 5.58 Å². The molecule has 0 aliphatic carbocycles. The number of rotatable bonds is 3. The Morgan fingerprint density at radius 1 is 1.33 bits per heavy atom. The number of nitrogens with zero attached hydrogens (tertiary/aromatic N) is 1. The summed E-state index contributed by atoms with van der Waals surface area (Å²) in [6, 6.07) is 11.1. The van der Waals surface area contributed by atoms with E-state index in [0.717, 1.165) is 10.3 Å². The van der Waals surface area contributed by atoms with E-state index in [9.17, 15) is 4.79 Å². The van der Waals surface area contributed by atoms with Gasteiger partial charge >= 0.3 is 0 Å². The summed E-state index contributed by atoms with van der Waals surface area (Å²) in [5.74, 6) is 0.201. The van der Waals surface area contributed by atoms with Crippen LogP contribution in [0.15, 0.2) is 46.2 Å². The fourth-order valence-corrected chi connectivity index (χ4v) is 3.06. The molecule has 2 heterocycles. The zero-order valence-corrected chi connectivity index (χ0v) is 12.7. The fourth-order valence-electron chi connectivity index (χ4n) is 2.24. The SMILES string of the molecule is CC(c1cccs1)N(C)C(=O)c1cc2cc(N)ccc2o1. The highest BCUT2D eigenvalue weighted by Crippen LogP contribution is 2.27. The van der Waals surface area contributed by atoms with Gasteiger partial charge in [-0.1, -0.05) is 6.07 Å². The standard InChI is InChI=1S/C16H16N2O2S/c1-10(15-4-3-7-21-15)18(2)16(19)14-9-11-8-12(17)5-6-13(11)20-14/h3-10H,17H2,1-2H3. The average Bonchev–Trinajstić information content (AvgIpc) is 3.13. The number of furan rings is 1. The maximum atomic E-state index is 12.5. The smallest absolute Gasteiger partial charge is 0.289 e. The lowest BCUT2D eigenvalue weighted by Crippen LogP contribution is -2.28. The number of anilines is 1. The molecule has 4 nitrogen and oxygen atoms in total. The van der Waals surface area contributed by atoms with E-state index in [1.807, 2.05) is 24.4 Å². The van der Waals surface area contributed by atoms with E-state index in [1.54, 1.807) is 47.5 Å². The van der Waals surface area contributed by atoms with Crippen LogP contribution in [-0.2, 0) is 0 Å². The molecule has 1 amide bonds. The van der Waals surface area contributed by atoms with E-state index < -0.39 is 0 Å². The summed E-state index contributed by atoms with van der Waals surface area (Å²) in [4.78, 5) is 15.4. The molecule has 0 saturated heterocycles. The zero-order chi connectivity index (χ0) is 15.0. The van der Waals surface area contributed by atoms with E-state index in [-0.39, 0.29) is 11.9 Å². The summed E-state index contributed by atoms with van der Waals surface area (Å²) in [6.07, 6.45) is 0. The van der Waals surface area contributed by atoms with Crippen molar-refractivity contribution in [2.75, 3.05) is 12.8 Å². The van der Waals surface area contributed by atoms with E-state index >= 15 is 0 Å². The highest BCUT2D eigenvalue weighted by Gasteiger charge is 2.22. The number of hydrogen-bond acceptors (Lipinski definition) is 4. The first-order chi connectivity index (χ1) is 10.1. The minimum Gasteiger partial charge on any atom is -0.451 e. The first kappa shape index (κ1) is 13.7. The summed E-state index contributed by atoms with van der Waals surface area (Å²) >= 11 is 1.64. The minimum atomic E-state index is -0.134. The van der Waals surface area contributed by atoms with Crippen molar-refractivity contribution in [2.24, 2.45) is 0 Å². The topological polar surface area (TPSA) is 59.5 Å². The molecule has 3 rings (SSSR count). The minimum absolute atomic E-state index is 0.00998. The van der Waals surface area contributed by atoms with Crippen LogP contribution >= 0.6 is 11.3 Å². The molecule has 0 bridgehead atoms. The third kappa shape index (κ3) is 2.52. The van der Waals surface area contributed by atoms with E-state index in [1.165, 1.54) is 0 Å². The van der Waals surface area contributed by atoms with Crippen LogP contribution in [0.25, 0.3) is 11.0 Å². The van der Waals surface area contributed by atoms with Crippen molar-refractivity contribution >= 4 is 33.9 Å². The van der Waals surface area contributed by atoms with Crippen molar-refractivity contribution in [1.82, 2.24) is 4.90 Å². The van der Waals surface area contributed by atoms with E-state index in [0.29, 0.717) is 17.0 Å². The Hall–Kier alpha value is -2.27. The molecule has 0 radical (unpaired) electrons. The molecule has 3 aromatic rings. The maximum absolute atomic E-state index is 12.5. The number of carbonyl (C=O) groups excluding carboxylic acids is 1. The summed E-state index contributed by atoms with van der Waals surface area (Å²) < 4.78 is 5.63. The second-order valence-corrected chi connectivity index (χ2v) is 5.99. The van der Waals surface area contributed by atoms with Crippen LogP contribution < -0.4 is 5.73 Å². The highest BCUT2D eigenvalue weighted by molar-refractivity contribution is 7.10. The molecular weight excluding hydrogens is 284 g/mol. The number of benzene rings is 1. The normalized spacial score (nSPS) is 12.5. The maximum Gasteiger partial charge on any atom is 0.289 e. The Morgan fingerprint density at radius 2 is 2.14 bits per heavy atom. The lowest BCUT2D eigenvalue weighted by Gasteiger charge is -2.22. The summed E-state index contributed by atoms with van der Waals surface area (Å²) in [5.41, 5.74) is 7.07. The molecule has 1 unspecified atom stereocenters. The van der Waals surface area contributed by atoms with Crippen LogP contribution in [-0.4, -0.2) is 17.9 Å². The molecule has 0 aliphatic rings. The first-order valence-corrected chi connectivity index (χ1v) is 7.54. The van der Waals surface area contributed by atoms with Crippen LogP contribution in [0.2, 0.25) is 0 Å². The molecule has 0 saturated carbocycles. The van der Waals surface area contributed by atoms with Gasteiger partial charge in [-0.2, -0.15) is 0 Å². The molecule has 2 N–H and O–H groups in total. The summed E-state index contributed by atoms with van der Waals surface area (Å²) in [7, 11) is 1.79. The summed E-state index contributed by atoms with van der Waals surface area (Å²) in [6.45, 7) is 2.00. The molecule has 0 fully saturated rings. The number of carbonyl (C=O) groups is 1. The van der Waals surface area contributed by atoms with Gasteiger partial charge in [-0.05, 0) is 42.6 Å². The van der Waals surface area contributed by atoms with Crippen molar-refractivity contribution in [3.05, 3.63) is 52.4 Å². The third-order valence-electron chi connectivity index (χ3n) is 3.61. The largest absolute Gasteiger partial charge is 0.451 e. The zero-order valence-electron chi connectivity index (χ0n) is 11.9. The van der Waals surface area contributed by atoms with Crippen LogP contribution in [0.1, 0.15) is 28.4 Å². The van der Waals surface area contributed by atoms with Gasteiger partial charge in [0.2, 0.25) is 0 Å². The predicted octanol–water partition coefficient (Wildman–Crippen LogP) is 3.91. The molecule has 0 aliphatic heterocycles. The second-order valence-electron chi connectivity index (χ2n) is 5.02. The van der Waals surface area contributed by atoms with Crippen molar-refractivity contribution in [2.45, 2.75) is 13.0 Å². The Bertz CT molecular complexity index is 777. The number of nitrogens with two attached hydrogens (primary N) is 1. The number of hydrogen-bond donors (Lipinski definition) is 1.